The molecule has 3 aromatic rings. The van der Waals surface area contributed by atoms with Crippen LogP contribution in [0.3, 0.4) is 0 Å². The Morgan fingerprint density at radius 2 is 1.65 bits per heavy atom. The van der Waals surface area contributed by atoms with E-state index in [1.165, 1.54) is 0 Å². The van der Waals surface area contributed by atoms with Crippen molar-refractivity contribution in [3.05, 3.63) is 64.4 Å². The van der Waals surface area contributed by atoms with Gasteiger partial charge >= 0.3 is 0 Å². The molecule has 2 aromatic carbocycles. The molecule has 6 nitrogen and oxygen atoms in total. The van der Waals surface area contributed by atoms with Crippen molar-refractivity contribution in [3.8, 4) is 11.3 Å². The van der Waals surface area contributed by atoms with Gasteiger partial charge in [0, 0.05) is 10.9 Å². The first kappa shape index (κ1) is 15.4. The van der Waals surface area contributed by atoms with E-state index >= 15 is 0 Å². The van der Waals surface area contributed by atoms with Gasteiger partial charge < -0.3 is 0 Å². The van der Waals surface area contributed by atoms with E-state index in [0.29, 0.717) is 17.5 Å². The van der Waals surface area contributed by atoms with Crippen LogP contribution in [0, 0.1) is 0 Å². The summed E-state index contributed by atoms with van der Waals surface area (Å²) in [7, 11) is -3.47. The minimum Gasteiger partial charge on any atom is -0.267 e. The number of aromatic nitrogens is 2. The van der Waals surface area contributed by atoms with Crippen LogP contribution < -0.4 is 10.7 Å². The molecular weight excluding hydrogens is 314 g/mol. The molecule has 7 heteroatoms. The number of fused-ring (bicyclic) bond motifs is 1. The third-order valence-electron chi connectivity index (χ3n) is 3.60. The first-order valence-corrected chi connectivity index (χ1v) is 8.73. The highest BCUT2D eigenvalue weighted by Crippen LogP contribution is 2.24. The molecule has 0 bridgehead atoms. The van der Waals surface area contributed by atoms with Crippen LogP contribution in [0.25, 0.3) is 22.0 Å². The van der Waals surface area contributed by atoms with Gasteiger partial charge in [0.15, 0.2) is 0 Å². The van der Waals surface area contributed by atoms with Crippen molar-refractivity contribution in [2.24, 2.45) is 5.14 Å². The van der Waals surface area contributed by atoms with E-state index in [1.54, 1.807) is 12.1 Å². The number of hydrogen-bond acceptors (Lipinski definition) is 4. The van der Waals surface area contributed by atoms with Gasteiger partial charge in [-0.3, -0.25) is 4.79 Å². The second-order valence-corrected chi connectivity index (χ2v) is 6.99. The molecule has 118 valence electrons. The summed E-state index contributed by atoms with van der Waals surface area (Å²) in [6, 6.07) is 14.6. The monoisotopic (exact) mass is 329 g/mol. The SMILES string of the molecule is NS(=O)(=O)CCc1ccc(-c2n[nH]c(=O)c3ccccc23)cc1. The van der Waals surface area contributed by atoms with Crippen LogP contribution in [0.15, 0.2) is 53.3 Å². The second-order valence-electron chi connectivity index (χ2n) is 5.26. The molecule has 0 amide bonds. The molecule has 3 rings (SSSR count). The van der Waals surface area contributed by atoms with Crippen LogP contribution >= 0.6 is 0 Å². The fourth-order valence-corrected chi connectivity index (χ4v) is 2.94. The molecule has 0 unspecified atom stereocenters. The van der Waals surface area contributed by atoms with Gasteiger partial charge in [0.1, 0.15) is 0 Å². The van der Waals surface area contributed by atoms with Crippen LogP contribution in [0.1, 0.15) is 5.56 Å². The van der Waals surface area contributed by atoms with Gasteiger partial charge in [-0.25, -0.2) is 18.7 Å². The Kier molecular flexibility index (Phi) is 3.97. The summed E-state index contributed by atoms with van der Waals surface area (Å²) < 4.78 is 22.0. The highest BCUT2D eigenvalue weighted by Gasteiger charge is 2.09. The Bertz CT molecular complexity index is 1010. The Morgan fingerprint density at radius 3 is 2.30 bits per heavy atom. The summed E-state index contributed by atoms with van der Waals surface area (Å²) in [5.74, 6) is -0.0911. The van der Waals surface area contributed by atoms with Crippen molar-refractivity contribution in [2.75, 3.05) is 5.75 Å². The predicted octanol–water partition coefficient (Wildman–Crippen LogP) is 1.42. The first-order chi connectivity index (χ1) is 10.9. The Balaban J connectivity index is 1.97. The van der Waals surface area contributed by atoms with Gasteiger partial charge in [-0.1, -0.05) is 42.5 Å². The number of benzene rings is 2. The molecule has 0 saturated heterocycles. The number of nitrogens with one attached hydrogen (secondary N) is 1. The summed E-state index contributed by atoms with van der Waals surface area (Å²) in [6.07, 6.45) is 0.360. The molecule has 0 atom stereocenters. The van der Waals surface area contributed by atoms with Crippen LogP contribution in [-0.2, 0) is 16.4 Å². The minimum absolute atomic E-state index is 0.0911. The lowest BCUT2D eigenvalue weighted by atomic mass is 10.0. The predicted molar refractivity (Wildman–Crippen MR) is 89.5 cm³/mol. The summed E-state index contributed by atoms with van der Waals surface area (Å²) in [5.41, 5.74) is 2.17. The van der Waals surface area contributed by atoms with Crippen LogP contribution in [0.2, 0.25) is 0 Å². The molecule has 3 N–H and O–H groups in total. The van der Waals surface area contributed by atoms with Crippen molar-refractivity contribution >= 4 is 20.8 Å². The number of nitrogens with two attached hydrogens (primary N) is 1. The van der Waals surface area contributed by atoms with Gasteiger partial charge in [0.25, 0.3) is 5.56 Å². The van der Waals surface area contributed by atoms with Crippen molar-refractivity contribution in [1.82, 2.24) is 10.2 Å². The molecule has 0 fully saturated rings. The van der Waals surface area contributed by atoms with E-state index in [1.807, 2.05) is 36.4 Å². The van der Waals surface area contributed by atoms with E-state index in [-0.39, 0.29) is 11.3 Å². The normalized spacial score (nSPS) is 11.7. The first-order valence-electron chi connectivity index (χ1n) is 7.01. The van der Waals surface area contributed by atoms with Gasteiger partial charge in [-0.15, -0.1) is 0 Å². The number of H-pyrrole nitrogens is 1. The summed E-state index contributed by atoms with van der Waals surface area (Å²) >= 11 is 0. The van der Waals surface area contributed by atoms with Gasteiger partial charge in [-0.2, -0.15) is 5.10 Å². The number of aryl methyl sites for hydroxylation is 1. The lowest BCUT2D eigenvalue weighted by Gasteiger charge is -2.06. The Hall–Kier alpha value is -2.51. The topological polar surface area (TPSA) is 106 Å². The summed E-state index contributed by atoms with van der Waals surface area (Å²) in [6.45, 7) is 0. The molecular formula is C16H15N3O3S. The van der Waals surface area contributed by atoms with Gasteiger partial charge in [0.05, 0.1) is 16.8 Å². The summed E-state index contributed by atoms with van der Waals surface area (Å²) in [5, 5.41) is 13.0. The molecule has 23 heavy (non-hydrogen) atoms. The highest BCUT2D eigenvalue weighted by atomic mass is 32.2. The fraction of sp³-hybridized carbons (Fsp3) is 0.125. The lowest BCUT2D eigenvalue weighted by molar-refractivity contribution is 0.597. The number of rotatable bonds is 4. The highest BCUT2D eigenvalue weighted by molar-refractivity contribution is 7.89. The van der Waals surface area contributed by atoms with Crippen molar-refractivity contribution in [1.29, 1.82) is 0 Å². The van der Waals surface area contributed by atoms with Crippen LogP contribution in [0.4, 0.5) is 0 Å². The van der Waals surface area contributed by atoms with E-state index in [2.05, 4.69) is 10.2 Å². The zero-order valence-electron chi connectivity index (χ0n) is 12.2. The number of sulfonamides is 1. The molecule has 0 aliphatic heterocycles. The number of hydrogen-bond donors (Lipinski definition) is 2. The lowest BCUT2D eigenvalue weighted by Crippen LogP contribution is -2.17. The molecule has 0 aliphatic carbocycles. The minimum atomic E-state index is -3.47. The fourth-order valence-electron chi connectivity index (χ4n) is 2.42. The third kappa shape index (κ3) is 3.46. The number of nitrogens with zero attached hydrogens (tertiary/aromatic N) is 1. The maximum Gasteiger partial charge on any atom is 0.272 e. The van der Waals surface area contributed by atoms with Crippen molar-refractivity contribution < 1.29 is 8.42 Å². The van der Waals surface area contributed by atoms with Crippen LogP contribution in [0.5, 0.6) is 0 Å². The van der Waals surface area contributed by atoms with E-state index in [4.69, 9.17) is 5.14 Å². The maximum atomic E-state index is 11.8. The third-order valence-corrected chi connectivity index (χ3v) is 4.37. The average Bonchev–Trinajstić information content (AvgIpc) is 2.54. The number of primary sulfonamides is 1. The molecule has 1 heterocycles. The van der Waals surface area contributed by atoms with E-state index < -0.39 is 10.0 Å². The van der Waals surface area contributed by atoms with E-state index in [9.17, 15) is 13.2 Å². The standard InChI is InChI=1S/C16H15N3O3S/c17-23(21,22)10-9-11-5-7-12(8-6-11)15-13-3-1-2-4-14(13)16(20)19-18-15/h1-8H,9-10H2,(H,19,20)(H2,17,21,22). The molecule has 0 aliphatic rings. The van der Waals surface area contributed by atoms with Gasteiger partial charge in [0.2, 0.25) is 10.0 Å². The average molecular weight is 329 g/mol. The number of aromatic amines is 1. The quantitative estimate of drug-likeness (QED) is 0.755. The molecule has 1 aromatic heterocycles. The van der Waals surface area contributed by atoms with Gasteiger partial charge in [-0.05, 0) is 18.1 Å². The molecule has 0 radical (unpaired) electrons. The molecule has 0 saturated carbocycles. The van der Waals surface area contributed by atoms with Crippen molar-refractivity contribution in [3.63, 3.8) is 0 Å². The molecule has 0 spiro atoms. The largest absolute Gasteiger partial charge is 0.272 e. The van der Waals surface area contributed by atoms with Crippen LogP contribution in [-0.4, -0.2) is 24.4 Å². The van der Waals surface area contributed by atoms with E-state index in [0.717, 1.165) is 16.5 Å². The zero-order chi connectivity index (χ0) is 16.4. The maximum absolute atomic E-state index is 11.8. The Labute approximate surface area is 133 Å². The second kappa shape index (κ2) is 5.94. The smallest absolute Gasteiger partial charge is 0.267 e. The zero-order valence-corrected chi connectivity index (χ0v) is 13.0. The van der Waals surface area contributed by atoms with Crippen molar-refractivity contribution in [2.45, 2.75) is 6.42 Å². The Morgan fingerprint density at radius 1 is 1.00 bits per heavy atom. The summed E-state index contributed by atoms with van der Waals surface area (Å²) in [4.78, 5) is 11.8.